The number of rotatable bonds is 5. The Morgan fingerprint density at radius 2 is 1.52 bits per heavy atom. The number of aliphatic hydroxyl groups is 1. The third-order valence-electron chi connectivity index (χ3n) is 4.34. The van der Waals surface area contributed by atoms with Crippen LogP contribution in [0.4, 0.5) is 0 Å². The summed E-state index contributed by atoms with van der Waals surface area (Å²) in [4.78, 5) is 2.31. The van der Waals surface area contributed by atoms with Gasteiger partial charge in [-0.25, -0.2) is 0 Å². The number of benzene rings is 1. The smallest absolute Gasteiger partial charge is 0.122 e. The molecule has 1 aliphatic rings. The SMILES string of the molecule is CCN(CC)[C@@H]1Cc2c(OC)ccc(OC)c2C[C@H]1O.Cl. The van der Waals surface area contributed by atoms with Crippen LogP contribution in [0.1, 0.15) is 25.0 Å². The van der Waals surface area contributed by atoms with Crippen LogP contribution in [0.25, 0.3) is 0 Å². The first-order valence-electron chi connectivity index (χ1n) is 7.31. The van der Waals surface area contributed by atoms with Crippen LogP contribution in [0.5, 0.6) is 11.5 Å². The van der Waals surface area contributed by atoms with Gasteiger partial charge in [0.1, 0.15) is 11.5 Å². The zero-order chi connectivity index (χ0) is 14.7. The molecule has 1 aliphatic carbocycles. The van der Waals surface area contributed by atoms with Crippen molar-refractivity contribution in [3.05, 3.63) is 23.3 Å². The summed E-state index contributed by atoms with van der Waals surface area (Å²) in [6, 6.07) is 4.02. The fraction of sp³-hybridized carbons (Fsp3) is 0.625. The maximum atomic E-state index is 10.5. The highest BCUT2D eigenvalue weighted by molar-refractivity contribution is 5.85. The molecule has 0 saturated heterocycles. The van der Waals surface area contributed by atoms with E-state index in [2.05, 4.69) is 18.7 Å². The summed E-state index contributed by atoms with van der Waals surface area (Å²) < 4.78 is 10.9. The van der Waals surface area contributed by atoms with Gasteiger partial charge in [-0.2, -0.15) is 0 Å². The minimum atomic E-state index is -0.358. The van der Waals surface area contributed by atoms with Crippen molar-refractivity contribution in [1.29, 1.82) is 0 Å². The van der Waals surface area contributed by atoms with E-state index in [4.69, 9.17) is 9.47 Å². The molecule has 4 nitrogen and oxygen atoms in total. The predicted octanol–water partition coefficient (Wildman–Crippen LogP) is 2.30. The summed E-state index contributed by atoms with van der Waals surface area (Å²) in [5, 5.41) is 10.5. The van der Waals surface area contributed by atoms with Crippen LogP contribution in [0.2, 0.25) is 0 Å². The zero-order valence-electron chi connectivity index (χ0n) is 13.3. The van der Waals surface area contributed by atoms with E-state index < -0.39 is 0 Å². The maximum absolute atomic E-state index is 10.5. The van der Waals surface area contributed by atoms with Gasteiger partial charge in [0.15, 0.2) is 0 Å². The van der Waals surface area contributed by atoms with E-state index in [0.29, 0.717) is 6.42 Å². The first-order valence-corrected chi connectivity index (χ1v) is 7.31. The van der Waals surface area contributed by atoms with E-state index in [1.165, 1.54) is 5.56 Å². The Balaban J connectivity index is 0.00000220. The lowest BCUT2D eigenvalue weighted by Gasteiger charge is -2.38. The third kappa shape index (κ3) is 3.44. The van der Waals surface area contributed by atoms with Crippen molar-refractivity contribution in [2.24, 2.45) is 0 Å². The second kappa shape index (κ2) is 7.87. The molecule has 0 amide bonds. The largest absolute Gasteiger partial charge is 0.496 e. The molecule has 0 heterocycles. The average molecular weight is 316 g/mol. The van der Waals surface area contributed by atoms with Crippen LogP contribution < -0.4 is 9.47 Å². The number of halogens is 1. The Morgan fingerprint density at radius 3 is 1.95 bits per heavy atom. The van der Waals surface area contributed by atoms with Crippen molar-refractivity contribution < 1.29 is 14.6 Å². The lowest BCUT2D eigenvalue weighted by molar-refractivity contribution is 0.0469. The second-order valence-electron chi connectivity index (χ2n) is 5.19. The minimum Gasteiger partial charge on any atom is -0.496 e. The molecule has 21 heavy (non-hydrogen) atoms. The average Bonchev–Trinajstić information content (AvgIpc) is 2.47. The molecular weight excluding hydrogens is 290 g/mol. The number of aliphatic hydroxyl groups excluding tert-OH is 1. The summed E-state index contributed by atoms with van der Waals surface area (Å²) in [6.45, 7) is 6.16. The Labute approximate surface area is 133 Å². The van der Waals surface area contributed by atoms with Crippen molar-refractivity contribution in [2.45, 2.75) is 38.8 Å². The van der Waals surface area contributed by atoms with E-state index >= 15 is 0 Å². The molecule has 0 aliphatic heterocycles. The first kappa shape index (κ1) is 18.1. The molecule has 0 spiro atoms. The zero-order valence-corrected chi connectivity index (χ0v) is 14.1. The van der Waals surface area contributed by atoms with Crippen molar-refractivity contribution >= 4 is 12.4 Å². The van der Waals surface area contributed by atoms with Gasteiger partial charge in [-0.05, 0) is 31.6 Å². The highest BCUT2D eigenvalue weighted by Gasteiger charge is 2.33. The molecular formula is C16H26ClNO3. The molecule has 5 heteroatoms. The number of ether oxygens (including phenoxy) is 2. The number of nitrogens with zero attached hydrogens (tertiary/aromatic N) is 1. The Hall–Kier alpha value is -0.970. The van der Waals surface area contributed by atoms with Crippen molar-refractivity contribution in [3.8, 4) is 11.5 Å². The van der Waals surface area contributed by atoms with E-state index in [0.717, 1.165) is 36.6 Å². The van der Waals surface area contributed by atoms with Crippen LogP contribution in [0, 0.1) is 0 Å². The Morgan fingerprint density at radius 1 is 1.05 bits per heavy atom. The monoisotopic (exact) mass is 315 g/mol. The lowest BCUT2D eigenvalue weighted by atomic mass is 9.84. The molecule has 120 valence electrons. The highest BCUT2D eigenvalue weighted by Crippen LogP contribution is 2.37. The first-order chi connectivity index (χ1) is 9.65. The van der Waals surface area contributed by atoms with Crippen molar-refractivity contribution in [1.82, 2.24) is 4.90 Å². The molecule has 2 atom stereocenters. The van der Waals surface area contributed by atoms with Gasteiger partial charge in [0.05, 0.1) is 20.3 Å². The molecule has 0 saturated carbocycles. The van der Waals surface area contributed by atoms with Crippen LogP contribution in [-0.2, 0) is 12.8 Å². The molecule has 0 unspecified atom stereocenters. The normalized spacial score (nSPS) is 20.7. The van der Waals surface area contributed by atoms with Crippen LogP contribution >= 0.6 is 12.4 Å². The number of fused-ring (bicyclic) bond motifs is 1. The summed E-state index contributed by atoms with van der Waals surface area (Å²) >= 11 is 0. The van der Waals surface area contributed by atoms with Gasteiger partial charge in [-0.3, -0.25) is 4.90 Å². The highest BCUT2D eigenvalue weighted by atomic mass is 35.5. The van der Waals surface area contributed by atoms with Gasteiger partial charge in [-0.15, -0.1) is 12.4 Å². The number of likely N-dealkylation sites (N-methyl/N-ethyl adjacent to an activating group) is 1. The van der Waals surface area contributed by atoms with Gasteiger partial charge in [0, 0.05) is 23.6 Å². The van der Waals surface area contributed by atoms with Gasteiger partial charge < -0.3 is 14.6 Å². The molecule has 1 aromatic rings. The van der Waals surface area contributed by atoms with E-state index in [9.17, 15) is 5.11 Å². The Bertz CT molecular complexity index is 463. The molecule has 1 aromatic carbocycles. The summed E-state index contributed by atoms with van der Waals surface area (Å²) in [6.07, 6.45) is 1.07. The standard InChI is InChI=1S/C16H25NO3.ClH/c1-5-17(6-2)13-9-11-12(10-14(13)18)16(20-4)8-7-15(11)19-3;/h7-8,13-14,18H,5-6,9-10H2,1-4H3;1H/t13-,14-;/m1./s1. The topological polar surface area (TPSA) is 41.9 Å². The van der Waals surface area contributed by atoms with Crippen LogP contribution in [0.3, 0.4) is 0 Å². The fourth-order valence-electron chi connectivity index (χ4n) is 3.24. The molecule has 0 aromatic heterocycles. The molecule has 0 bridgehead atoms. The van der Waals surface area contributed by atoms with Crippen molar-refractivity contribution in [3.63, 3.8) is 0 Å². The quantitative estimate of drug-likeness (QED) is 0.905. The second-order valence-corrected chi connectivity index (χ2v) is 5.19. The molecule has 1 N–H and O–H groups in total. The minimum absolute atomic E-state index is 0. The van der Waals surface area contributed by atoms with E-state index in [1.807, 2.05) is 12.1 Å². The number of hydrogen-bond donors (Lipinski definition) is 1. The van der Waals surface area contributed by atoms with Crippen LogP contribution in [-0.4, -0.2) is 49.5 Å². The third-order valence-corrected chi connectivity index (χ3v) is 4.34. The van der Waals surface area contributed by atoms with Gasteiger partial charge in [0.25, 0.3) is 0 Å². The van der Waals surface area contributed by atoms with Gasteiger partial charge in [-0.1, -0.05) is 13.8 Å². The maximum Gasteiger partial charge on any atom is 0.122 e. The summed E-state index contributed by atoms with van der Waals surface area (Å²) in [5.74, 6) is 1.74. The molecule has 0 fully saturated rings. The summed E-state index contributed by atoms with van der Waals surface area (Å²) in [7, 11) is 3.37. The molecule has 0 radical (unpaired) electrons. The van der Waals surface area contributed by atoms with E-state index in [1.54, 1.807) is 14.2 Å². The fourth-order valence-corrected chi connectivity index (χ4v) is 3.24. The molecule has 2 rings (SSSR count). The van der Waals surface area contributed by atoms with Gasteiger partial charge >= 0.3 is 0 Å². The summed E-state index contributed by atoms with van der Waals surface area (Å²) in [5.41, 5.74) is 2.26. The Kier molecular flexibility index (Phi) is 6.78. The lowest BCUT2D eigenvalue weighted by Crippen LogP contribution is -2.48. The van der Waals surface area contributed by atoms with Crippen LogP contribution in [0.15, 0.2) is 12.1 Å². The van der Waals surface area contributed by atoms with Gasteiger partial charge in [0.2, 0.25) is 0 Å². The van der Waals surface area contributed by atoms with Crippen molar-refractivity contribution in [2.75, 3.05) is 27.3 Å². The van der Waals surface area contributed by atoms with E-state index in [-0.39, 0.29) is 24.6 Å². The number of methoxy groups -OCH3 is 2. The number of hydrogen-bond acceptors (Lipinski definition) is 4. The predicted molar refractivity (Wildman–Crippen MR) is 86.9 cm³/mol.